The van der Waals surface area contributed by atoms with Gasteiger partial charge in [-0.05, 0) is 37.9 Å². The van der Waals surface area contributed by atoms with Gasteiger partial charge in [0.1, 0.15) is 5.82 Å². The van der Waals surface area contributed by atoms with E-state index in [1.165, 1.54) is 6.20 Å². The molecule has 0 radical (unpaired) electrons. The third kappa shape index (κ3) is 2.02. The lowest BCUT2D eigenvalue weighted by Crippen LogP contribution is -2.19. The van der Waals surface area contributed by atoms with Crippen LogP contribution in [0, 0.1) is 18.7 Å². The number of rotatable bonds is 1. The Labute approximate surface area is 90.1 Å². The van der Waals surface area contributed by atoms with Crippen molar-refractivity contribution in [3.8, 4) is 0 Å². The van der Waals surface area contributed by atoms with Crippen molar-refractivity contribution < 1.29 is 4.39 Å². The van der Waals surface area contributed by atoms with Crippen molar-refractivity contribution in [2.24, 2.45) is 5.92 Å². The minimum Gasteiger partial charge on any atom is -0.299 e. The molecule has 0 N–H and O–H groups in total. The van der Waals surface area contributed by atoms with E-state index in [1.807, 2.05) is 6.92 Å². The van der Waals surface area contributed by atoms with E-state index < -0.39 is 0 Å². The summed E-state index contributed by atoms with van der Waals surface area (Å²) in [5.41, 5.74) is 1.99. The molecule has 2 nitrogen and oxygen atoms in total. The van der Waals surface area contributed by atoms with Gasteiger partial charge in [0.25, 0.3) is 0 Å². The van der Waals surface area contributed by atoms with Crippen molar-refractivity contribution >= 4 is 0 Å². The number of hydrogen-bond acceptors (Lipinski definition) is 2. The Morgan fingerprint density at radius 3 is 2.87 bits per heavy atom. The van der Waals surface area contributed by atoms with Crippen molar-refractivity contribution in [2.75, 3.05) is 13.6 Å². The van der Waals surface area contributed by atoms with Crippen LogP contribution in [-0.2, 0) is 0 Å². The SMILES string of the molecule is Cc1ncc(F)cc1C1CC(C)CN1C. The van der Waals surface area contributed by atoms with Crippen LogP contribution in [0.4, 0.5) is 4.39 Å². The van der Waals surface area contributed by atoms with Gasteiger partial charge in [-0.1, -0.05) is 6.92 Å². The summed E-state index contributed by atoms with van der Waals surface area (Å²) in [6, 6.07) is 1.96. The van der Waals surface area contributed by atoms with Gasteiger partial charge in [0.05, 0.1) is 6.20 Å². The molecule has 0 spiro atoms. The molecule has 1 aliphatic heterocycles. The van der Waals surface area contributed by atoms with E-state index in [4.69, 9.17) is 0 Å². The zero-order valence-corrected chi connectivity index (χ0v) is 9.50. The van der Waals surface area contributed by atoms with Crippen LogP contribution in [0.2, 0.25) is 0 Å². The van der Waals surface area contributed by atoms with Crippen LogP contribution in [0.1, 0.15) is 30.6 Å². The van der Waals surface area contributed by atoms with E-state index in [1.54, 1.807) is 6.07 Å². The van der Waals surface area contributed by atoms with Crippen LogP contribution in [0.25, 0.3) is 0 Å². The van der Waals surface area contributed by atoms with Gasteiger partial charge in [-0.25, -0.2) is 4.39 Å². The summed E-state index contributed by atoms with van der Waals surface area (Å²) in [7, 11) is 2.10. The molecule has 1 fully saturated rings. The zero-order chi connectivity index (χ0) is 11.0. The van der Waals surface area contributed by atoms with E-state index in [0.717, 1.165) is 24.2 Å². The second kappa shape index (κ2) is 3.89. The van der Waals surface area contributed by atoms with Crippen LogP contribution in [0.5, 0.6) is 0 Å². The Bertz CT molecular complexity index is 365. The maximum absolute atomic E-state index is 13.1. The van der Waals surface area contributed by atoms with E-state index >= 15 is 0 Å². The third-order valence-electron chi connectivity index (χ3n) is 3.21. The molecule has 0 saturated carbocycles. The summed E-state index contributed by atoms with van der Waals surface area (Å²) in [5, 5.41) is 0. The number of aromatic nitrogens is 1. The molecule has 82 valence electrons. The van der Waals surface area contributed by atoms with Crippen LogP contribution in [0.15, 0.2) is 12.3 Å². The first-order chi connectivity index (χ1) is 7.08. The Morgan fingerprint density at radius 1 is 1.53 bits per heavy atom. The fourth-order valence-corrected chi connectivity index (χ4v) is 2.48. The Balaban J connectivity index is 2.32. The molecular weight excluding hydrogens is 191 g/mol. The fraction of sp³-hybridized carbons (Fsp3) is 0.583. The highest BCUT2D eigenvalue weighted by molar-refractivity contribution is 5.24. The normalized spacial score (nSPS) is 27.2. The standard InChI is InChI=1S/C12H17FN2/c1-8-4-12(15(3)7-8)11-5-10(13)6-14-9(11)2/h5-6,8,12H,4,7H2,1-3H3. The van der Waals surface area contributed by atoms with Crippen LogP contribution in [-0.4, -0.2) is 23.5 Å². The number of likely N-dealkylation sites (tertiary alicyclic amines) is 1. The summed E-state index contributed by atoms with van der Waals surface area (Å²) in [6.07, 6.45) is 2.39. The monoisotopic (exact) mass is 208 g/mol. The lowest BCUT2D eigenvalue weighted by Gasteiger charge is -2.20. The molecule has 0 aliphatic carbocycles. The molecule has 0 amide bonds. The number of nitrogens with zero attached hydrogens (tertiary/aromatic N) is 2. The van der Waals surface area contributed by atoms with Gasteiger partial charge in [0.15, 0.2) is 0 Å². The summed E-state index contributed by atoms with van der Waals surface area (Å²) in [4.78, 5) is 6.37. The largest absolute Gasteiger partial charge is 0.299 e. The molecule has 0 bridgehead atoms. The maximum Gasteiger partial charge on any atom is 0.141 e. The summed E-state index contributed by atoms with van der Waals surface area (Å²) < 4.78 is 13.1. The van der Waals surface area contributed by atoms with Crippen LogP contribution >= 0.6 is 0 Å². The van der Waals surface area contributed by atoms with Crippen LogP contribution in [0.3, 0.4) is 0 Å². The van der Waals surface area contributed by atoms with E-state index in [0.29, 0.717) is 12.0 Å². The fourth-order valence-electron chi connectivity index (χ4n) is 2.48. The maximum atomic E-state index is 13.1. The molecule has 2 unspecified atom stereocenters. The van der Waals surface area contributed by atoms with Gasteiger partial charge in [-0.3, -0.25) is 9.88 Å². The minimum atomic E-state index is -0.233. The van der Waals surface area contributed by atoms with Crippen molar-refractivity contribution in [2.45, 2.75) is 26.3 Å². The van der Waals surface area contributed by atoms with Crippen molar-refractivity contribution in [1.82, 2.24) is 9.88 Å². The summed E-state index contributed by atoms with van der Waals surface area (Å²) in [5.74, 6) is 0.450. The predicted octanol–water partition coefficient (Wildman–Crippen LogP) is 2.54. The van der Waals surface area contributed by atoms with Gasteiger partial charge in [0.2, 0.25) is 0 Å². The Hall–Kier alpha value is -0.960. The van der Waals surface area contributed by atoms with Gasteiger partial charge in [-0.15, -0.1) is 0 Å². The average Bonchev–Trinajstić information content (AvgIpc) is 2.50. The van der Waals surface area contributed by atoms with Gasteiger partial charge in [0, 0.05) is 18.3 Å². The summed E-state index contributed by atoms with van der Waals surface area (Å²) in [6.45, 7) is 5.27. The molecule has 1 aromatic rings. The Kier molecular flexibility index (Phi) is 2.74. The molecule has 1 saturated heterocycles. The first-order valence-corrected chi connectivity index (χ1v) is 5.40. The molecule has 0 aromatic carbocycles. The molecular formula is C12H17FN2. The van der Waals surface area contributed by atoms with Crippen molar-refractivity contribution in [3.63, 3.8) is 0 Å². The van der Waals surface area contributed by atoms with Gasteiger partial charge in [-0.2, -0.15) is 0 Å². The average molecular weight is 208 g/mol. The van der Waals surface area contributed by atoms with Crippen molar-refractivity contribution in [1.29, 1.82) is 0 Å². The minimum absolute atomic E-state index is 0.233. The molecule has 2 rings (SSSR count). The number of pyridine rings is 1. The topological polar surface area (TPSA) is 16.1 Å². The highest BCUT2D eigenvalue weighted by atomic mass is 19.1. The third-order valence-corrected chi connectivity index (χ3v) is 3.21. The molecule has 2 heterocycles. The van der Waals surface area contributed by atoms with E-state index in [9.17, 15) is 4.39 Å². The van der Waals surface area contributed by atoms with E-state index in [2.05, 4.69) is 23.9 Å². The molecule has 15 heavy (non-hydrogen) atoms. The molecule has 3 heteroatoms. The molecule has 1 aromatic heterocycles. The number of aryl methyl sites for hydroxylation is 1. The number of hydrogen-bond donors (Lipinski definition) is 0. The van der Waals surface area contributed by atoms with Gasteiger partial charge >= 0.3 is 0 Å². The lowest BCUT2D eigenvalue weighted by molar-refractivity contribution is 0.312. The first kappa shape index (κ1) is 10.6. The number of halogens is 1. The zero-order valence-electron chi connectivity index (χ0n) is 9.50. The second-order valence-electron chi connectivity index (χ2n) is 4.62. The van der Waals surface area contributed by atoms with Crippen molar-refractivity contribution in [3.05, 3.63) is 29.3 Å². The quantitative estimate of drug-likeness (QED) is 0.705. The van der Waals surface area contributed by atoms with Gasteiger partial charge < -0.3 is 0 Å². The molecule has 1 aliphatic rings. The first-order valence-electron chi connectivity index (χ1n) is 5.40. The van der Waals surface area contributed by atoms with Crippen LogP contribution < -0.4 is 0 Å². The highest BCUT2D eigenvalue weighted by Gasteiger charge is 2.29. The van der Waals surface area contributed by atoms with E-state index in [-0.39, 0.29) is 5.82 Å². The summed E-state index contributed by atoms with van der Waals surface area (Å²) >= 11 is 0. The predicted molar refractivity (Wildman–Crippen MR) is 58.1 cm³/mol. The highest BCUT2D eigenvalue weighted by Crippen LogP contribution is 2.34. The lowest BCUT2D eigenvalue weighted by atomic mass is 10.00. The molecule has 2 atom stereocenters. The smallest absolute Gasteiger partial charge is 0.141 e. The Morgan fingerprint density at radius 2 is 2.27 bits per heavy atom. The second-order valence-corrected chi connectivity index (χ2v) is 4.62.